The van der Waals surface area contributed by atoms with Crippen molar-refractivity contribution in [3.63, 3.8) is 0 Å². The lowest BCUT2D eigenvalue weighted by Crippen LogP contribution is -2.30. The highest BCUT2D eigenvalue weighted by Gasteiger charge is 2.30. The zero-order valence-electron chi connectivity index (χ0n) is 13.3. The van der Waals surface area contributed by atoms with Crippen LogP contribution in [0.15, 0.2) is 18.3 Å². The molecule has 1 saturated carbocycles. The van der Waals surface area contributed by atoms with Crippen molar-refractivity contribution in [1.29, 1.82) is 0 Å². The van der Waals surface area contributed by atoms with E-state index >= 15 is 0 Å². The van der Waals surface area contributed by atoms with Crippen LogP contribution in [0.2, 0.25) is 0 Å². The molecule has 1 aliphatic heterocycles. The van der Waals surface area contributed by atoms with Crippen molar-refractivity contribution in [2.45, 2.75) is 45.3 Å². The normalized spacial score (nSPS) is 21.4. The fourth-order valence-corrected chi connectivity index (χ4v) is 2.61. The van der Waals surface area contributed by atoms with Gasteiger partial charge in [-0.15, -0.1) is 0 Å². The molecule has 0 aromatic carbocycles. The van der Waals surface area contributed by atoms with Crippen molar-refractivity contribution in [3.05, 3.63) is 23.9 Å². The average molecular weight is 304 g/mol. The second kappa shape index (κ2) is 6.65. The van der Waals surface area contributed by atoms with E-state index in [-0.39, 0.29) is 18.1 Å². The molecule has 2 fully saturated rings. The van der Waals surface area contributed by atoms with E-state index in [0.717, 1.165) is 25.5 Å². The monoisotopic (exact) mass is 304 g/mol. The number of ether oxygens (including phenoxy) is 2. The van der Waals surface area contributed by atoms with Crippen molar-refractivity contribution in [2.75, 3.05) is 19.7 Å². The van der Waals surface area contributed by atoms with Gasteiger partial charge in [0.2, 0.25) is 5.88 Å². The van der Waals surface area contributed by atoms with E-state index in [0.29, 0.717) is 18.0 Å². The molecule has 1 saturated heterocycles. The predicted octanol–water partition coefficient (Wildman–Crippen LogP) is 2.51. The Bertz CT molecular complexity index is 511. The minimum atomic E-state index is 0.0288. The first kappa shape index (κ1) is 15.3. The van der Waals surface area contributed by atoms with Gasteiger partial charge in [-0.2, -0.15) is 0 Å². The SMILES string of the molecule is CC(C)Oc1ccc(C(=O)N2CCC(OCC3CC3)C2)cn1. The number of hydrogen-bond donors (Lipinski definition) is 0. The van der Waals surface area contributed by atoms with E-state index in [4.69, 9.17) is 9.47 Å². The minimum absolute atomic E-state index is 0.0288. The molecular weight excluding hydrogens is 280 g/mol. The maximum atomic E-state index is 12.5. The molecular formula is C17H24N2O3. The zero-order chi connectivity index (χ0) is 15.5. The summed E-state index contributed by atoms with van der Waals surface area (Å²) in [5.74, 6) is 1.35. The van der Waals surface area contributed by atoms with Crippen LogP contribution < -0.4 is 4.74 Å². The topological polar surface area (TPSA) is 51.7 Å². The summed E-state index contributed by atoms with van der Waals surface area (Å²) in [5.41, 5.74) is 0.610. The van der Waals surface area contributed by atoms with Gasteiger partial charge in [-0.25, -0.2) is 4.98 Å². The number of amides is 1. The summed E-state index contributed by atoms with van der Waals surface area (Å²) in [5, 5.41) is 0. The van der Waals surface area contributed by atoms with Crippen LogP contribution in [-0.2, 0) is 4.74 Å². The molecule has 0 N–H and O–H groups in total. The molecule has 1 unspecified atom stereocenters. The van der Waals surface area contributed by atoms with Gasteiger partial charge >= 0.3 is 0 Å². The number of hydrogen-bond acceptors (Lipinski definition) is 4. The van der Waals surface area contributed by atoms with Crippen LogP contribution in [0.5, 0.6) is 5.88 Å². The van der Waals surface area contributed by atoms with E-state index in [9.17, 15) is 4.79 Å². The molecule has 5 nitrogen and oxygen atoms in total. The smallest absolute Gasteiger partial charge is 0.255 e. The minimum Gasteiger partial charge on any atom is -0.475 e. The van der Waals surface area contributed by atoms with Gasteiger partial charge in [0.25, 0.3) is 5.91 Å². The second-order valence-corrected chi connectivity index (χ2v) is 6.49. The average Bonchev–Trinajstić information content (AvgIpc) is 3.21. The van der Waals surface area contributed by atoms with Crippen LogP contribution >= 0.6 is 0 Å². The van der Waals surface area contributed by atoms with Gasteiger partial charge in [0.1, 0.15) is 0 Å². The first-order valence-electron chi connectivity index (χ1n) is 8.15. The Morgan fingerprint density at radius 3 is 2.82 bits per heavy atom. The molecule has 0 bridgehead atoms. The van der Waals surface area contributed by atoms with E-state index in [1.54, 1.807) is 18.3 Å². The third kappa shape index (κ3) is 3.97. The first-order chi connectivity index (χ1) is 10.6. The Morgan fingerprint density at radius 1 is 1.36 bits per heavy atom. The molecule has 0 spiro atoms. The van der Waals surface area contributed by atoms with Gasteiger partial charge in [0.05, 0.1) is 17.8 Å². The van der Waals surface area contributed by atoms with Crippen molar-refractivity contribution >= 4 is 5.91 Å². The van der Waals surface area contributed by atoms with Crippen LogP contribution in [-0.4, -0.2) is 47.7 Å². The molecule has 3 rings (SSSR count). The number of rotatable bonds is 6. The third-order valence-corrected chi connectivity index (χ3v) is 4.04. The standard InChI is InChI=1S/C17H24N2O3/c1-12(2)22-16-6-5-14(9-18-16)17(20)19-8-7-15(10-19)21-11-13-3-4-13/h5-6,9,12-13,15H,3-4,7-8,10-11H2,1-2H3. The number of likely N-dealkylation sites (tertiary alicyclic amines) is 1. The quantitative estimate of drug-likeness (QED) is 0.810. The van der Waals surface area contributed by atoms with Gasteiger partial charge < -0.3 is 14.4 Å². The molecule has 2 aliphatic rings. The second-order valence-electron chi connectivity index (χ2n) is 6.49. The summed E-state index contributed by atoms with van der Waals surface area (Å²) in [6.45, 7) is 6.21. The predicted molar refractivity (Wildman–Crippen MR) is 83.0 cm³/mol. The number of nitrogens with zero attached hydrogens (tertiary/aromatic N) is 2. The highest BCUT2D eigenvalue weighted by molar-refractivity contribution is 5.94. The van der Waals surface area contributed by atoms with Crippen LogP contribution in [0.3, 0.4) is 0 Å². The van der Waals surface area contributed by atoms with Gasteiger partial charge in [-0.1, -0.05) is 0 Å². The van der Waals surface area contributed by atoms with E-state index < -0.39 is 0 Å². The largest absolute Gasteiger partial charge is 0.475 e. The molecule has 1 aromatic heterocycles. The Balaban J connectivity index is 1.52. The number of carbonyl (C=O) groups is 1. The van der Waals surface area contributed by atoms with Gasteiger partial charge in [0.15, 0.2) is 0 Å². The summed E-state index contributed by atoms with van der Waals surface area (Å²) in [6.07, 6.45) is 5.40. The van der Waals surface area contributed by atoms with Gasteiger partial charge in [-0.3, -0.25) is 4.79 Å². The first-order valence-corrected chi connectivity index (χ1v) is 8.15. The van der Waals surface area contributed by atoms with Crippen molar-refractivity contribution < 1.29 is 14.3 Å². The van der Waals surface area contributed by atoms with E-state index in [1.807, 2.05) is 18.7 Å². The Morgan fingerprint density at radius 2 is 2.18 bits per heavy atom. The molecule has 120 valence electrons. The molecule has 1 aromatic rings. The Kier molecular flexibility index (Phi) is 4.62. The number of aromatic nitrogens is 1. The summed E-state index contributed by atoms with van der Waals surface area (Å²) in [6, 6.07) is 3.54. The van der Waals surface area contributed by atoms with Crippen LogP contribution in [0.4, 0.5) is 0 Å². The van der Waals surface area contributed by atoms with Crippen LogP contribution in [0, 0.1) is 5.92 Å². The molecule has 5 heteroatoms. The maximum absolute atomic E-state index is 12.5. The lowest BCUT2D eigenvalue weighted by atomic mass is 10.2. The Hall–Kier alpha value is -1.62. The van der Waals surface area contributed by atoms with Crippen LogP contribution in [0.25, 0.3) is 0 Å². The molecule has 2 heterocycles. The fourth-order valence-electron chi connectivity index (χ4n) is 2.61. The summed E-state index contributed by atoms with van der Waals surface area (Å²) >= 11 is 0. The van der Waals surface area contributed by atoms with Gasteiger partial charge in [0, 0.05) is 32.0 Å². The van der Waals surface area contributed by atoms with Crippen molar-refractivity contribution in [2.24, 2.45) is 5.92 Å². The molecule has 1 amide bonds. The van der Waals surface area contributed by atoms with Crippen molar-refractivity contribution in [3.8, 4) is 5.88 Å². The third-order valence-electron chi connectivity index (χ3n) is 4.04. The van der Waals surface area contributed by atoms with Crippen LogP contribution in [0.1, 0.15) is 43.5 Å². The summed E-state index contributed by atoms with van der Waals surface area (Å²) < 4.78 is 11.4. The molecule has 22 heavy (non-hydrogen) atoms. The Labute approximate surface area is 131 Å². The fraction of sp³-hybridized carbons (Fsp3) is 0.647. The number of pyridine rings is 1. The highest BCUT2D eigenvalue weighted by Crippen LogP contribution is 2.30. The summed E-state index contributed by atoms with van der Waals surface area (Å²) in [4.78, 5) is 18.5. The lowest BCUT2D eigenvalue weighted by molar-refractivity contribution is 0.0480. The zero-order valence-corrected chi connectivity index (χ0v) is 13.3. The van der Waals surface area contributed by atoms with Crippen molar-refractivity contribution in [1.82, 2.24) is 9.88 Å². The lowest BCUT2D eigenvalue weighted by Gasteiger charge is -2.17. The van der Waals surface area contributed by atoms with Gasteiger partial charge in [-0.05, 0) is 45.1 Å². The molecule has 0 radical (unpaired) electrons. The number of carbonyl (C=O) groups excluding carboxylic acids is 1. The maximum Gasteiger partial charge on any atom is 0.255 e. The highest BCUT2D eigenvalue weighted by atomic mass is 16.5. The van der Waals surface area contributed by atoms with E-state index in [1.165, 1.54) is 12.8 Å². The van der Waals surface area contributed by atoms with E-state index in [2.05, 4.69) is 4.98 Å². The molecule has 1 atom stereocenters. The summed E-state index contributed by atoms with van der Waals surface area (Å²) in [7, 11) is 0. The molecule has 1 aliphatic carbocycles.